The fourth-order valence-electron chi connectivity index (χ4n) is 8.86. The molecule has 2 aliphatic rings. The van der Waals surface area contributed by atoms with Gasteiger partial charge in [-0.3, -0.25) is 4.79 Å². The predicted molar refractivity (Wildman–Crippen MR) is 289 cm³/mol. The molecule has 0 aromatic rings. The van der Waals surface area contributed by atoms with Crippen molar-refractivity contribution < 1.29 is 69.0 Å². The van der Waals surface area contributed by atoms with E-state index in [0.29, 0.717) is 13.0 Å². The zero-order valence-electron chi connectivity index (χ0n) is 45.4. The van der Waals surface area contributed by atoms with E-state index in [1.807, 2.05) is 0 Å². The van der Waals surface area contributed by atoms with E-state index in [4.69, 9.17) is 28.4 Å². The van der Waals surface area contributed by atoms with Crippen molar-refractivity contribution in [3.05, 3.63) is 60.8 Å². The maximum absolute atomic E-state index is 13.1. The van der Waals surface area contributed by atoms with Crippen molar-refractivity contribution in [1.29, 1.82) is 0 Å². The smallest absolute Gasteiger partial charge is 0.306 e. The Morgan fingerprint density at radius 2 is 0.890 bits per heavy atom. The Morgan fingerprint density at radius 1 is 0.466 bits per heavy atom. The molecule has 11 unspecified atom stereocenters. The summed E-state index contributed by atoms with van der Waals surface area (Å²) < 4.78 is 34.4. The zero-order chi connectivity index (χ0) is 53.0. The number of esters is 1. The summed E-state index contributed by atoms with van der Waals surface area (Å²) in [7, 11) is 0. The van der Waals surface area contributed by atoms with Crippen LogP contribution < -0.4 is 0 Å². The Hall–Kier alpha value is -2.31. The zero-order valence-corrected chi connectivity index (χ0v) is 45.4. The van der Waals surface area contributed by atoms with Gasteiger partial charge in [-0.05, 0) is 77.0 Å². The molecule has 2 rings (SSSR count). The maximum Gasteiger partial charge on any atom is 0.306 e. The lowest BCUT2D eigenvalue weighted by molar-refractivity contribution is -0.332. The van der Waals surface area contributed by atoms with E-state index in [2.05, 4.69) is 74.6 Å². The molecule has 0 spiro atoms. The van der Waals surface area contributed by atoms with Gasteiger partial charge in [0, 0.05) is 13.0 Å². The average Bonchev–Trinajstić information content (AvgIpc) is 3.39. The standard InChI is InChI=1S/C59H104O14/c1-3-5-7-9-11-13-15-17-19-21-22-23-24-25-27-29-31-33-35-37-39-41-43-68-45-48(71-51(61)42-40-38-36-34-32-30-28-26-20-18-16-14-12-10-8-6-4-2)46-69-58-57(67)55(65)53(63)50(73-58)47-70-59-56(66)54(64)52(62)49(44-60)72-59/h5,7,11,13,17-20,22-23,48-50,52-60,62-67H,3-4,6,8-10,12,14-16,21,24-47H2,1-2H3/b7-5-,13-11-,19-17-,20-18-,23-22-. The SMILES string of the molecule is CC/C=C\C/C=C\C/C=C\C/C=C\CCCCCCCCCCCOCC(COC1OC(COC2OC(CO)C(O)C(O)C2O)C(O)C(O)C1O)OC(=O)CCCCCCCCC/C=C\CCCCCCCC. The molecule has 0 aliphatic carbocycles. The number of carbonyl (C=O) groups excluding carboxylic acids is 1. The second-order valence-electron chi connectivity index (χ2n) is 20.1. The molecule has 7 N–H and O–H groups in total. The second-order valence-corrected chi connectivity index (χ2v) is 20.1. The number of hydrogen-bond donors (Lipinski definition) is 7. The summed E-state index contributed by atoms with van der Waals surface area (Å²) in [4.78, 5) is 13.1. The van der Waals surface area contributed by atoms with Crippen molar-refractivity contribution in [2.24, 2.45) is 0 Å². The molecule has 0 aromatic carbocycles. The molecule has 11 atom stereocenters. The summed E-state index contributed by atoms with van der Waals surface area (Å²) in [5, 5.41) is 72.3. The van der Waals surface area contributed by atoms with Crippen LogP contribution in [0.3, 0.4) is 0 Å². The summed E-state index contributed by atoms with van der Waals surface area (Å²) in [6.45, 7) is 3.56. The van der Waals surface area contributed by atoms with Crippen LogP contribution in [0.25, 0.3) is 0 Å². The summed E-state index contributed by atoms with van der Waals surface area (Å²) in [5.74, 6) is -0.383. The van der Waals surface area contributed by atoms with Crippen molar-refractivity contribution in [2.45, 2.75) is 274 Å². The first-order valence-corrected chi connectivity index (χ1v) is 28.9. The minimum Gasteiger partial charge on any atom is -0.457 e. The van der Waals surface area contributed by atoms with Gasteiger partial charge < -0.3 is 64.2 Å². The van der Waals surface area contributed by atoms with Gasteiger partial charge in [-0.15, -0.1) is 0 Å². The second kappa shape index (κ2) is 45.8. The third kappa shape index (κ3) is 32.8. The lowest BCUT2D eigenvalue weighted by atomic mass is 9.98. The highest BCUT2D eigenvalue weighted by atomic mass is 16.7. The topological polar surface area (TPSA) is 214 Å². The Morgan fingerprint density at radius 3 is 1.41 bits per heavy atom. The monoisotopic (exact) mass is 1040 g/mol. The van der Waals surface area contributed by atoms with Gasteiger partial charge >= 0.3 is 5.97 Å². The minimum absolute atomic E-state index is 0.0541. The van der Waals surface area contributed by atoms with E-state index in [1.165, 1.54) is 103 Å². The van der Waals surface area contributed by atoms with Gasteiger partial charge in [0.25, 0.3) is 0 Å². The molecule has 0 radical (unpaired) electrons. The van der Waals surface area contributed by atoms with E-state index in [-0.39, 0.29) is 25.6 Å². The number of ether oxygens (including phenoxy) is 6. The number of carbonyl (C=O) groups is 1. The summed E-state index contributed by atoms with van der Waals surface area (Å²) >= 11 is 0. The number of aliphatic hydroxyl groups is 7. The van der Waals surface area contributed by atoms with Crippen LogP contribution in [0.2, 0.25) is 0 Å². The molecule has 2 aliphatic heterocycles. The highest BCUT2D eigenvalue weighted by Gasteiger charge is 2.47. The number of allylic oxidation sites excluding steroid dienone is 10. The number of aliphatic hydroxyl groups excluding tert-OH is 7. The van der Waals surface area contributed by atoms with Gasteiger partial charge in [0.15, 0.2) is 12.6 Å². The Labute approximate surface area is 441 Å². The van der Waals surface area contributed by atoms with Crippen LogP contribution in [-0.4, -0.2) is 142 Å². The van der Waals surface area contributed by atoms with Crippen LogP contribution in [-0.2, 0) is 33.2 Å². The summed E-state index contributed by atoms with van der Waals surface area (Å²) in [6, 6.07) is 0. The van der Waals surface area contributed by atoms with Crippen molar-refractivity contribution in [3.63, 3.8) is 0 Å². The Bertz CT molecular complexity index is 1440. The molecule has 0 saturated carbocycles. The molecule has 0 aromatic heterocycles. The molecule has 424 valence electrons. The molecule has 0 bridgehead atoms. The quantitative estimate of drug-likeness (QED) is 0.0172. The number of hydrogen-bond acceptors (Lipinski definition) is 14. The van der Waals surface area contributed by atoms with Crippen LogP contribution >= 0.6 is 0 Å². The molecule has 14 nitrogen and oxygen atoms in total. The molecule has 2 heterocycles. The van der Waals surface area contributed by atoms with E-state index in [9.17, 15) is 40.5 Å². The van der Waals surface area contributed by atoms with Crippen molar-refractivity contribution in [1.82, 2.24) is 0 Å². The van der Waals surface area contributed by atoms with Gasteiger partial charge in [0.1, 0.15) is 54.9 Å². The van der Waals surface area contributed by atoms with Gasteiger partial charge in [0.2, 0.25) is 0 Å². The van der Waals surface area contributed by atoms with Gasteiger partial charge in [-0.25, -0.2) is 0 Å². The maximum atomic E-state index is 13.1. The lowest BCUT2D eigenvalue weighted by Gasteiger charge is -2.42. The van der Waals surface area contributed by atoms with Gasteiger partial charge in [-0.2, -0.15) is 0 Å². The van der Waals surface area contributed by atoms with Crippen molar-refractivity contribution in [3.8, 4) is 0 Å². The van der Waals surface area contributed by atoms with Crippen LogP contribution in [0.5, 0.6) is 0 Å². The summed E-state index contributed by atoms with van der Waals surface area (Å²) in [5.41, 5.74) is 0. The largest absolute Gasteiger partial charge is 0.457 e. The molecule has 73 heavy (non-hydrogen) atoms. The lowest BCUT2D eigenvalue weighted by Crippen LogP contribution is -2.61. The molecule has 0 amide bonds. The fourth-order valence-corrected chi connectivity index (χ4v) is 8.86. The van der Waals surface area contributed by atoms with E-state index < -0.39 is 80.7 Å². The predicted octanol–water partition coefficient (Wildman–Crippen LogP) is 10.1. The molecule has 14 heteroatoms. The van der Waals surface area contributed by atoms with Crippen molar-refractivity contribution >= 4 is 5.97 Å². The van der Waals surface area contributed by atoms with Gasteiger partial charge in [0.05, 0.1) is 26.4 Å². The van der Waals surface area contributed by atoms with E-state index in [1.54, 1.807) is 0 Å². The average molecular weight is 1040 g/mol. The Kier molecular flexibility index (Phi) is 42.0. The fraction of sp³-hybridized carbons (Fsp3) is 0.814. The third-order valence-corrected chi connectivity index (χ3v) is 13.5. The molecular weight excluding hydrogens is 933 g/mol. The third-order valence-electron chi connectivity index (χ3n) is 13.5. The molecule has 2 saturated heterocycles. The van der Waals surface area contributed by atoms with E-state index in [0.717, 1.165) is 77.0 Å². The van der Waals surface area contributed by atoms with Crippen LogP contribution in [0.15, 0.2) is 60.8 Å². The highest BCUT2D eigenvalue weighted by Crippen LogP contribution is 2.26. The number of unbranched alkanes of at least 4 members (excludes halogenated alkanes) is 22. The first-order valence-electron chi connectivity index (χ1n) is 28.9. The minimum atomic E-state index is -1.71. The normalized spacial score (nSPS) is 25.4. The van der Waals surface area contributed by atoms with Crippen LogP contribution in [0.4, 0.5) is 0 Å². The molecule has 2 fully saturated rings. The van der Waals surface area contributed by atoms with Crippen LogP contribution in [0, 0.1) is 0 Å². The highest BCUT2D eigenvalue weighted by molar-refractivity contribution is 5.69. The van der Waals surface area contributed by atoms with Gasteiger partial charge in [-0.1, -0.05) is 184 Å². The number of rotatable bonds is 46. The Balaban J connectivity index is 1.72. The first kappa shape index (κ1) is 66.8. The first-order chi connectivity index (χ1) is 35.6. The molecular formula is C59H104O14. The van der Waals surface area contributed by atoms with E-state index >= 15 is 0 Å². The van der Waals surface area contributed by atoms with Crippen molar-refractivity contribution in [2.75, 3.05) is 33.0 Å². The van der Waals surface area contributed by atoms with Crippen LogP contribution in [0.1, 0.15) is 206 Å². The summed E-state index contributed by atoms with van der Waals surface area (Å²) in [6.07, 6.45) is 39.9.